The van der Waals surface area contributed by atoms with Crippen LogP contribution in [0.2, 0.25) is 0 Å². The molecular weight excluding hydrogens is 328 g/mol. The third kappa shape index (κ3) is 3.87. The standard InChI is InChI=1S/C18H21F2N3O2/c1-2-8-25-11-18(24)22-15-4-3-5-16-13(15)10-21-23(16)17-7-6-12(19)9-14(17)20/h6-7,9-10,15H,2-5,8,11H2,1H3,(H,22,24). The van der Waals surface area contributed by atoms with Crippen LogP contribution >= 0.6 is 0 Å². The van der Waals surface area contributed by atoms with Crippen molar-refractivity contribution in [1.29, 1.82) is 0 Å². The average molecular weight is 349 g/mol. The van der Waals surface area contributed by atoms with Gasteiger partial charge in [0.25, 0.3) is 0 Å². The molecule has 1 aliphatic rings. The highest BCUT2D eigenvalue weighted by molar-refractivity contribution is 5.77. The molecule has 134 valence electrons. The number of hydrogen-bond donors (Lipinski definition) is 1. The molecule has 1 amide bonds. The van der Waals surface area contributed by atoms with E-state index in [1.54, 1.807) is 6.20 Å². The van der Waals surface area contributed by atoms with Gasteiger partial charge in [-0.05, 0) is 37.8 Å². The summed E-state index contributed by atoms with van der Waals surface area (Å²) in [5.41, 5.74) is 1.93. The maximum atomic E-state index is 14.1. The minimum absolute atomic E-state index is 0.0282. The van der Waals surface area contributed by atoms with Gasteiger partial charge in [-0.2, -0.15) is 5.10 Å². The highest BCUT2D eigenvalue weighted by atomic mass is 19.1. The molecule has 0 saturated carbocycles. The molecule has 5 nitrogen and oxygen atoms in total. The van der Waals surface area contributed by atoms with Crippen LogP contribution in [0.3, 0.4) is 0 Å². The highest BCUT2D eigenvalue weighted by Gasteiger charge is 2.26. The first-order valence-corrected chi connectivity index (χ1v) is 8.49. The summed E-state index contributed by atoms with van der Waals surface area (Å²) in [5.74, 6) is -1.46. The van der Waals surface area contributed by atoms with Crippen LogP contribution in [0.15, 0.2) is 24.4 Å². The van der Waals surface area contributed by atoms with Gasteiger partial charge in [0.1, 0.15) is 18.1 Å². The van der Waals surface area contributed by atoms with Crippen molar-refractivity contribution < 1.29 is 18.3 Å². The predicted octanol–water partition coefficient (Wildman–Crippen LogP) is 3.07. The molecule has 1 unspecified atom stereocenters. The second-order valence-electron chi connectivity index (χ2n) is 6.12. The Labute approximate surface area is 145 Å². The van der Waals surface area contributed by atoms with Crippen LogP contribution in [-0.4, -0.2) is 28.9 Å². The Bertz CT molecular complexity index is 761. The van der Waals surface area contributed by atoms with Crippen molar-refractivity contribution in [2.45, 2.75) is 38.6 Å². The third-order valence-corrected chi connectivity index (χ3v) is 4.24. The van der Waals surface area contributed by atoms with Gasteiger partial charge in [-0.25, -0.2) is 13.5 Å². The molecule has 25 heavy (non-hydrogen) atoms. The van der Waals surface area contributed by atoms with E-state index in [-0.39, 0.29) is 24.2 Å². The van der Waals surface area contributed by atoms with Gasteiger partial charge in [-0.1, -0.05) is 6.92 Å². The van der Waals surface area contributed by atoms with Gasteiger partial charge < -0.3 is 10.1 Å². The number of amides is 1. The summed E-state index contributed by atoms with van der Waals surface area (Å²) in [5, 5.41) is 7.21. The molecule has 1 aliphatic carbocycles. The van der Waals surface area contributed by atoms with E-state index >= 15 is 0 Å². The number of nitrogens with one attached hydrogen (secondary N) is 1. The summed E-state index contributed by atoms with van der Waals surface area (Å²) in [6.07, 6.45) is 4.88. The molecule has 1 atom stereocenters. The number of rotatable bonds is 6. The zero-order valence-corrected chi connectivity index (χ0v) is 14.1. The van der Waals surface area contributed by atoms with Crippen LogP contribution in [0.25, 0.3) is 5.69 Å². The monoisotopic (exact) mass is 349 g/mol. The van der Waals surface area contributed by atoms with E-state index in [0.717, 1.165) is 43.0 Å². The Balaban J connectivity index is 1.79. The molecular formula is C18H21F2N3O2. The van der Waals surface area contributed by atoms with E-state index in [1.165, 1.54) is 16.8 Å². The Hall–Kier alpha value is -2.28. The first-order valence-electron chi connectivity index (χ1n) is 8.49. The fourth-order valence-electron chi connectivity index (χ4n) is 3.11. The number of halogens is 2. The van der Waals surface area contributed by atoms with Gasteiger partial charge in [0.05, 0.1) is 12.2 Å². The molecule has 1 aromatic carbocycles. The fourth-order valence-corrected chi connectivity index (χ4v) is 3.11. The number of carbonyl (C=O) groups is 1. The van der Waals surface area contributed by atoms with Crippen LogP contribution in [0.1, 0.15) is 43.5 Å². The molecule has 0 saturated heterocycles. The van der Waals surface area contributed by atoms with Gasteiger partial charge in [-0.3, -0.25) is 4.79 Å². The van der Waals surface area contributed by atoms with E-state index in [0.29, 0.717) is 6.61 Å². The lowest BCUT2D eigenvalue weighted by atomic mass is 9.93. The van der Waals surface area contributed by atoms with Crippen LogP contribution in [0, 0.1) is 11.6 Å². The van der Waals surface area contributed by atoms with Crippen molar-refractivity contribution in [3.05, 3.63) is 47.3 Å². The van der Waals surface area contributed by atoms with E-state index in [4.69, 9.17) is 4.74 Å². The summed E-state index contributed by atoms with van der Waals surface area (Å²) >= 11 is 0. The minimum Gasteiger partial charge on any atom is -0.372 e. The average Bonchev–Trinajstić information content (AvgIpc) is 3.00. The molecule has 2 aromatic rings. The second kappa shape index (κ2) is 7.74. The lowest BCUT2D eigenvalue weighted by Gasteiger charge is -2.24. The minimum atomic E-state index is -0.662. The molecule has 0 fully saturated rings. The summed E-state index contributed by atoms with van der Waals surface area (Å²) in [6, 6.07) is 3.26. The van der Waals surface area contributed by atoms with Crippen molar-refractivity contribution in [2.75, 3.05) is 13.2 Å². The van der Waals surface area contributed by atoms with Crippen molar-refractivity contribution >= 4 is 5.91 Å². The summed E-state index contributed by atoms with van der Waals surface area (Å²) in [6.45, 7) is 2.56. The zero-order chi connectivity index (χ0) is 17.8. The van der Waals surface area contributed by atoms with Gasteiger partial charge in [0.2, 0.25) is 5.91 Å². The van der Waals surface area contributed by atoms with Crippen molar-refractivity contribution in [3.63, 3.8) is 0 Å². The number of nitrogens with zero attached hydrogens (tertiary/aromatic N) is 2. The lowest BCUT2D eigenvalue weighted by Crippen LogP contribution is -2.33. The predicted molar refractivity (Wildman–Crippen MR) is 88.4 cm³/mol. The van der Waals surface area contributed by atoms with Crippen LogP contribution in [-0.2, 0) is 16.0 Å². The Kier molecular flexibility index (Phi) is 5.43. The summed E-state index contributed by atoms with van der Waals surface area (Å²) in [7, 11) is 0. The fraction of sp³-hybridized carbons (Fsp3) is 0.444. The smallest absolute Gasteiger partial charge is 0.246 e. The van der Waals surface area contributed by atoms with Crippen LogP contribution < -0.4 is 5.32 Å². The number of carbonyl (C=O) groups excluding carboxylic acids is 1. The van der Waals surface area contributed by atoms with E-state index in [2.05, 4.69) is 10.4 Å². The van der Waals surface area contributed by atoms with Crippen molar-refractivity contribution in [3.8, 4) is 5.69 Å². The van der Waals surface area contributed by atoms with Gasteiger partial charge in [0.15, 0.2) is 5.82 Å². The third-order valence-electron chi connectivity index (χ3n) is 4.24. The van der Waals surface area contributed by atoms with Crippen LogP contribution in [0.4, 0.5) is 8.78 Å². The molecule has 1 heterocycles. The van der Waals surface area contributed by atoms with Gasteiger partial charge in [-0.15, -0.1) is 0 Å². The highest BCUT2D eigenvalue weighted by Crippen LogP contribution is 2.31. The topological polar surface area (TPSA) is 56.1 Å². The number of fused-ring (bicyclic) bond motifs is 1. The van der Waals surface area contributed by atoms with E-state index in [9.17, 15) is 13.6 Å². The summed E-state index contributed by atoms with van der Waals surface area (Å²) in [4.78, 5) is 12.0. The quantitative estimate of drug-likeness (QED) is 0.816. The van der Waals surface area contributed by atoms with Crippen molar-refractivity contribution in [1.82, 2.24) is 15.1 Å². The largest absolute Gasteiger partial charge is 0.372 e. The van der Waals surface area contributed by atoms with Gasteiger partial charge >= 0.3 is 0 Å². The molecule has 7 heteroatoms. The number of ether oxygens (including phenoxy) is 1. The number of aromatic nitrogens is 2. The Morgan fingerprint density at radius 2 is 2.28 bits per heavy atom. The molecule has 0 spiro atoms. The summed E-state index contributed by atoms with van der Waals surface area (Å²) < 4.78 is 34.0. The van der Waals surface area contributed by atoms with Gasteiger partial charge in [0, 0.05) is 23.9 Å². The normalized spacial score (nSPS) is 16.5. The molecule has 1 aromatic heterocycles. The maximum absolute atomic E-state index is 14.1. The lowest BCUT2D eigenvalue weighted by molar-refractivity contribution is -0.126. The second-order valence-corrected chi connectivity index (χ2v) is 6.12. The Morgan fingerprint density at radius 3 is 3.04 bits per heavy atom. The Morgan fingerprint density at radius 1 is 1.44 bits per heavy atom. The molecule has 3 rings (SSSR count). The molecule has 0 bridgehead atoms. The SMILES string of the molecule is CCCOCC(=O)NC1CCCc2c1cnn2-c1ccc(F)cc1F. The van der Waals surface area contributed by atoms with E-state index < -0.39 is 11.6 Å². The number of hydrogen-bond acceptors (Lipinski definition) is 3. The maximum Gasteiger partial charge on any atom is 0.246 e. The first kappa shape index (κ1) is 17.5. The number of benzene rings is 1. The zero-order valence-electron chi connectivity index (χ0n) is 14.1. The first-order chi connectivity index (χ1) is 12.1. The van der Waals surface area contributed by atoms with Crippen molar-refractivity contribution in [2.24, 2.45) is 0 Å². The molecule has 0 aliphatic heterocycles. The molecule has 0 radical (unpaired) electrons. The van der Waals surface area contributed by atoms with E-state index in [1.807, 2.05) is 6.92 Å². The molecule has 1 N–H and O–H groups in total. The van der Waals surface area contributed by atoms with Crippen LogP contribution in [0.5, 0.6) is 0 Å².